The highest BCUT2D eigenvalue weighted by Gasteiger charge is 2.31. The van der Waals surface area contributed by atoms with Gasteiger partial charge in [0.15, 0.2) is 0 Å². The summed E-state index contributed by atoms with van der Waals surface area (Å²) in [6, 6.07) is 1.83. The average Bonchev–Trinajstić information content (AvgIpc) is 1.96. The van der Waals surface area contributed by atoms with E-state index >= 15 is 0 Å². The number of hydrogen-bond donors (Lipinski definition) is 0. The molecule has 0 N–H and O–H groups in total. The van der Waals surface area contributed by atoms with Crippen LogP contribution in [0.25, 0.3) is 0 Å². The Morgan fingerprint density at radius 1 is 1.14 bits per heavy atom. The van der Waals surface area contributed by atoms with Gasteiger partial charge in [-0.25, -0.2) is 4.39 Å². The van der Waals surface area contributed by atoms with Crippen LogP contribution in [0.3, 0.4) is 0 Å². The standard InChI is InChI=1S/C7H2F4I2O/c8-4-1-3(14-7(9,10)11)2-5(12)6(4)13/h1-2H. The Kier molecular flexibility index (Phi) is 3.83. The van der Waals surface area contributed by atoms with E-state index in [4.69, 9.17) is 0 Å². The van der Waals surface area contributed by atoms with Crippen molar-refractivity contribution in [3.05, 3.63) is 25.1 Å². The minimum Gasteiger partial charge on any atom is -0.406 e. The number of halogens is 6. The lowest BCUT2D eigenvalue weighted by molar-refractivity contribution is -0.274. The summed E-state index contributed by atoms with van der Waals surface area (Å²) < 4.78 is 52.4. The molecule has 0 aliphatic rings. The fraction of sp³-hybridized carbons (Fsp3) is 0.143. The Hall–Kier alpha value is 0.200. The number of rotatable bonds is 1. The summed E-state index contributed by atoms with van der Waals surface area (Å²) in [6.45, 7) is 0. The van der Waals surface area contributed by atoms with Gasteiger partial charge in [-0.1, -0.05) is 0 Å². The van der Waals surface area contributed by atoms with Gasteiger partial charge < -0.3 is 4.74 Å². The summed E-state index contributed by atoms with van der Waals surface area (Å²) in [5, 5.41) is 0. The second-order valence-corrected chi connectivity index (χ2v) is 4.49. The molecule has 1 aromatic rings. The van der Waals surface area contributed by atoms with Gasteiger partial charge in [0.25, 0.3) is 0 Å². The van der Waals surface area contributed by atoms with Crippen molar-refractivity contribution < 1.29 is 22.3 Å². The van der Waals surface area contributed by atoms with Gasteiger partial charge >= 0.3 is 6.36 Å². The highest BCUT2D eigenvalue weighted by atomic mass is 127. The summed E-state index contributed by atoms with van der Waals surface area (Å²) >= 11 is 3.44. The minimum absolute atomic E-state index is 0.276. The van der Waals surface area contributed by atoms with Crippen LogP contribution >= 0.6 is 45.2 Å². The van der Waals surface area contributed by atoms with Crippen molar-refractivity contribution in [2.75, 3.05) is 0 Å². The smallest absolute Gasteiger partial charge is 0.406 e. The molecule has 7 heteroatoms. The number of benzene rings is 1. The third-order valence-electron chi connectivity index (χ3n) is 1.19. The van der Waals surface area contributed by atoms with E-state index in [1.165, 1.54) is 0 Å². The second kappa shape index (κ2) is 4.37. The highest BCUT2D eigenvalue weighted by molar-refractivity contribution is 14.1. The first-order valence-corrected chi connectivity index (χ1v) is 5.35. The molecule has 78 valence electrons. The van der Waals surface area contributed by atoms with E-state index in [2.05, 4.69) is 4.74 Å². The van der Waals surface area contributed by atoms with Crippen molar-refractivity contribution in [3.8, 4) is 5.75 Å². The second-order valence-electron chi connectivity index (χ2n) is 2.25. The normalized spacial score (nSPS) is 11.6. The van der Waals surface area contributed by atoms with Crippen LogP contribution in [0.5, 0.6) is 5.75 Å². The molecule has 0 atom stereocenters. The molecule has 0 fully saturated rings. The van der Waals surface area contributed by atoms with Crippen molar-refractivity contribution in [2.24, 2.45) is 0 Å². The monoisotopic (exact) mass is 432 g/mol. The molecule has 0 unspecified atom stereocenters. The Morgan fingerprint density at radius 3 is 2.14 bits per heavy atom. The van der Waals surface area contributed by atoms with E-state index in [1.54, 1.807) is 45.2 Å². The molecule has 0 radical (unpaired) electrons. The van der Waals surface area contributed by atoms with Crippen LogP contribution in [0.2, 0.25) is 0 Å². The zero-order valence-electron chi connectivity index (χ0n) is 6.33. The Labute approximate surface area is 104 Å². The van der Waals surface area contributed by atoms with E-state index < -0.39 is 17.9 Å². The molecule has 0 heterocycles. The molecule has 1 aromatic carbocycles. The Morgan fingerprint density at radius 2 is 1.71 bits per heavy atom. The van der Waals surface area contributed by atoms with Gasteiger partial charge in [-0.15, -0.1) is 13.2 Å². The molecular formula is C7H2F4I2O. The maximum absolute atomic E-state index is 13.0. The molecular weight excluding hydrogens is 430 g/mol. The van der Waals surface area contributed by atoms with Crippen LogP contribution in [0, 0.1) is 13.0 Å². The number of ether oxygens (including phenoxy) is 1. The van der Waals surface area contributed by atoms with Gasteiger partial charge in [-0.2, -0.15) is 0 Å². The fourth-order valence-electron chi connectivity index (χ4n) is 0.725. The summed E-state index contributed by atoms with van der Waals surface area (Å²) in [6.07, 6.45) is -4.79. The maximum atomic E-state index is 13.0. The molecule has 1 rings (SSSR count). The lowest BCUT2D eigenvalue weighted by atomic mass is 10.3. The molecule has 0 saturated carbocycles. The number of alkyl halides is 3. The van der Waals surface area contributed by atoms with Gasteiger partial charge in [-0.05, 0) is 51.2 Å². The molecule has 0 aromatic heterocycles. The van der Waals surface area contributed by atoms with Crippen molar-refractivity contribution in [1.29, 1.82) is 0 Å². The first-order chi connectivity index (χ1) is 6.29. The molecule has 14 heavy (non-hydrogen) atoms. The minimum atomic E-state index is -4.79. The van der Waals surface area contributed by atoms with Gasteiger partial charge in [-0.3, -0.25) is 0 Å². The average molecular weight is 432 g/mol. The molecule has 0 aliphatic heterocycles. The van der Waals surface area contributed by atoms with Crippen molar-refractivity contribution in [3.63, 3.8) is 0 Å². The van der Waals surface area contributed by atoms with Gasteiger partial charge in [0.1, 0.15) is 11.6 Å². The van der Waals surface area contributed by atoms with Crippen LogP contribution in [0.4, 0.5) is 17.6 Å². The van der Waals surface area contributed by atoms with Crippen LogP contribution in [0.15, 0.2) is 12.1 Å². The Balaban J connectivity index is 3.02. The first-order valence-electron chi connectivity index (χ1n) is 3.20. The zero-order valence-corrected chi connectivity index (χ0v) is 10.6. The molecule has 0 spiro atoms. The first kappa shape index (κ1) is 12.3. The SMILES string of the molecule is Fc1cc(OC(F)(F)F)cc(I)c1I. The molecule has 0 bridgehead atoms. The topological polar surface area (TPSA) is 9.23 Å². The van der Waals surface area contributed by atoms with Crippen molar-refractivity contribution >= 4 is 45.2 Å². The lowest BCUT2D eigenvalue weighted by Gasteiger charge is -2.09. The van der Waals surface area contributed by atoms with E-state index in [0.717, 1.165) is 6.07 Å². The van der Waals surface area contributed by atoms with E-state index in [1.807, 2.05) is 0 Å². The quantitative estimate of drug-likeness (QED) is 0.372. The van der Waals surface area contributed by atoms with Crippen molar-refractivity contribution in [1.82, 2.24) is 0 Å². The summed E-state index contributed by atoms with van der Waals surface area (Å²) in [7, 11) is 0. The predicted octanol–water partition coefficient (Wildman–Crippen LogP) is 3.93. The Bertz CT molecular complexity index is 327. The molecule has 0 aliphatic carbocycles. The summed E-state index contributed by atoms with van der Waals surface area (Å²) in [4.78, 5) is 0. The molecule has 0 amide bonds. The maximum Gasteiger partial charge on any atom is 0.573 e. The van der Waals surface area contributed by atoms with Crippen molar-refractivity contribution in [2.45, 2.75) is 6.36 Å². The highest BCUT2D eigenvalue weighted by Crippen LogP contribution is 2.28. The van der Waals surface area contributed by atoms with E-state index in [0.29, 0.717) is 9.64 Å². The van der Waals surface area contributed by atoms with Crippen LogP contribution in [0.1, 0.15) is 0 Å². The fourth-order valence-corrected chi connectivity index (χ4v) is 1.60. The largest absolute Gasteiger partial charge is 0.573 e. The third kappa shape index (κ3) is 3.41. The van der Waals surface area contributed by atoms with Gasteiger partial charge in [0.05, 0.1) is 3.57 Å². The van der Waals surface area contributed by atoms with E-state index in [-0.39, 0.29) is 3.57 Å². The van der Waals surface area contributed by atoms with Gasteiger partial charge in [0, 0.05) is 9.64 Å². The van der Waals surface area contributed by atoms with Gasteiger partial charge in [0.2, 0.25) is 0 Å². The zero-order chi connectivity index (χ0) is 10.9. The molecule has 1 nitrogen and oxygen atoms in total. The van der Waals surface area contributed by atoms with Crippen LogP contribution < -0.4 is 4.74 Å². The van der Waals surface area contributed by atoms with E-state index in [9.17, 15) is 17.6 Å². The summed E-state index contributed by atoms with van der Waals surface area (Å²) in [5.41, 5.74) is 0. The lowest BCUT2D eigenvalue weighted by Crippen LogP contribution is -2.17. The van der Waals surface area contributed by atoms with Crippen LogP contribution in [-0.4, -0.2) is 6.36 Å². The van der Waals surface area contributed by atoms with Crippen LogP contribution in [-0.2, 0) is 0 Å². The predicted molar refractivity (Wildman–Crippen MR) is 58.5 cm³/mol. The molecule has 0 saturated heterocycles. The number of hydrogen-bond acceptors (Lipinski definition) is 1. The third-order valence-corrected chi connectivity index (χ3v) is 4.17. The summed E-state index contributed by atoms with van der Waals surface area (Å²) in [5.74, 6) is -1.27.